The van der Waals surface area contributed by atoms with E-state index in [0.717, 1.165) is 49.9 Å². The van der Waals surface area contributed by atoms with Gasteiger partial charge in [-0.2, -0.15) is 0 Å². The number of nitrogens with one attached hydrogen (secondary N) is 3. The largest absolute Gasteiger partial charge is 0.512 e. The van der Waals surface area contributed by atoms with E-state index in [4.69, 9.17) is 23.7 Å². The fourth-order valence-corrected chi connectivity index (χ4v) is 5.97. The minimum atomic E-state index is -1.54. The third-order valence-corrected chi connectivity index (χ3v) is 7.94. The van der Waals surface area contributed by atoms with Crippen LogP contribution >= 0.6 is 0 Å². The number of aliphatic hydroxyl groups excluding tert-OH is 2. The first-order valence-electron chi connectivity index (χ1n) is 15.6. The SMILES string of the molecule is CC(=O)N[C@H]1[C@@H](OC(C)=O)[C@@H](NC(=O)C[C@H](NC(=O)OCC2c3ccccc3-c3ccccc32)/C(O)=C/O)O[C@@H](COC(C)=O)[C@H]1OC(C)=O. The summed E-state index contributed by atoms with van der Waals surface area (Å²) in [7, 11) is 0. The molecule has 1 aliphatic heterocycles. The van der Waals surface area contributed by atoms with Crippen molar-refractivity contribution < 1.29 is 62.7 Å². The van der Waals surface area contributed by atoms with Crippen LogP contribution in [0.15, 0.2) is 60.6 Å². The summed E-state index contributed by atoms with van der Waals surface area (Å²) in [6.07, 6.45) is -7.01. The predicted molar refractivity (Wildman–Crippen MR) is 172 cm³/mol. The Bertz CT molecular complexity index is 1600. The minimum Gasteiger partial charge on any atom is -0.512 e. The molecule has 1 heterocycles. The quantitative estimate of drug-likeness (QED) is 0.122. The number of hydrogen-bond acceptors (Lipinski definition) is 13. The van der Waals surface area contributed by atoms with E-state index in [1.54, 1.807) is 0 Å². The van der Waals surface area contributed by atoms with Gasteiger partial charge in [0.25, 0.3) is 0 Å². The average Bonchev–Trinajstić information content (AvgIpc) is 3.37. The summed E-state index contributed by atoms with van der Waals surface area (Å²) in [4.78, 5) is 74.2. The van der Waals surface area contributed by atoms with Crippen LogP contribution in [0.1, 0.15) is 51.2 Å². The lowest BCUT2D eigenvalue weighted by atomic mass is 9.94. The van der Waals surface area contributed by atoms with E-state index in [1.165, 1.54) is 0 Å². The van der Waals surface area contributed by atoms with Gasteiger partial charge in [-0.05, 0) is 22.3 Å². The van der Waals surface area contributed by atoms with E-state index in [2.05, 4.69) is 16.0 Å². The van der Waals surface area contributed by atoms with Gasteiger partial charge in [0.15, 0.2) is 18.4 Å². The molecule has 2 aliphatic rings. The molecule has 1 aliphatic carbocycles. The summed E-state index contributed by atoms with van der Waals surface area (Å²) >= 11 is 0. The Morgan fingerprint density at radius 3 is 1.92 bits per heavy atom. The van der Waals surface area contributed by atoms with Crippen molar-refractivity contribution in [1.82, 2.24) is 16.0 Å². The normalized spacial score (nSPS) is 21.8. The number of rotatable bonds is 12. The summed E-state index contributed by atoms with van der Waals surface area (Å²) in [5.41, 5.74) is 3.95. The van der Waals surface area contributed by atoms with Crippen LogP contribution in [-0.4, -0.2) is 95.9 Å². The molecule has 4 rings (SSSR count). The van der Waals surface area contributed by atoms with E-state index >= 15 is 0 Å². The molecule has 1 fully saturated rings. The van der Waals surface area contributed by atoms with Gasteiger partial charge in [-0.25, -0.2) is 4.79 Å². The van der Waals surface area contributed by atoms with Crippen molar-refractivity contribution in [1.29, 1.82) is 0 Å². The monoisotopic (exact) mass is 697 g/mol. The highest BCUT2D eigenvalue weighted by molar-refractivity contribution is 5.80. The molecule has 16 nitrogen and oxygen atoms in total. The molecule has 50 heavy (non-hydrogen) atoms. The molecule has 0 saturated carbocycles. The van der Waals surface area contributed by atoms with Gasteiger partial charge in [-0.1, -0.05) is 48.5 Å². The number of amides is 3. The molecular weight excluding hydrogens is 658 g/mol. The van der Waals surface area contributed by atoms with Crippen LogP contribution in [0.2, 0.25) is 0 Å². The second-order valence-corrected chi connectivity index (χ2v) is 11.6. The molecule has 2 aromatic carbocycles. The first-order chi connectivity index (χ1) is 23.8. The van der Waals surface area contributed by atoms with Gasteiger partial charge in [-0.3, -0.25) is 24.0 Å². The zero-order valence-corrected chi connectivity index (χ0v) is 27.7. The van der Waals surface area contributed by atoms with Crippen LogP contribution < -0.4 is 16.0 Å². The lowest BCUT2D eigenvalue weighted by Crippen LogP contribution is -2.69. The smallest absolute Gasteiger partial charge is 0.407 e. The lowest BCUT2D eigenvalue weighted by molar-refractivity contribution is -0.226. The maximum absolute atomic E-state index is 13.4. The highest BCUT2D eigenvalue weighted by Gasteiger charge is 2.51. The van der Waals surface area contributed by atoms with Gasteiger partial charge in [0, 0.05) is 33.6 Å². The molecule has 5 N–H and O–H groups in total. The van der Waals surface area contributed by atoms with Crippen LogP contribution in [0.4, 0.5) is 4.79 Å². The second-order valence-electron chi connectivity index (χ2n) is 11.6. The third kappa shape index (κ3) is 9.28. The first kappa shape index (κ1) is 37.2. The summed E-state index contributed by atoms with van der Waals surface area (Å²) < 4.78 is 27.2. The van der Waals surface area contributed by atoms with Gasteiger partial charge in [0.1, 0.15) is 43.4 Å². The molecule has 0 bridgehead atoms. The highest BCUT2D eigenvalue weighted by Crippen LogP contribution is 2.44. The van der Waals surface area contributed by atoms with Crippen molar-refractivity contribution in [2.24, 2.45) is 0 Å². The second kappa shape index (κ2) is 16.6. The van der Waals surface area contributed by atoms with Crippen molar-refractivity contribution in [2.75, 3.05) is 13.2 Å². The maximum atomic E-state index is 13.4. The predicted octanol–water partition coefficient (Wildman–Crippen LogP) is 2.01. The fraction of sp³-hybridized carbons (Fsp3) is 0.412. The zero-order valence-electron chi connectivity index (χ0n) is 27.7. The molecule has 3 amide bonds. The van der Waals surface area contributed by atoms with Crippen LogP contribution in [0.5, 0.6) is 0 Å². The minimum absolute atomic E-state index is 0.0693. The lowest BCUT2D eigenvalue weighted by Gasteiger charge is -2.45. The third-order valence-electron chi connectivity index (χ3n) is 7.94. The highest BCUT2D eigenvalue weighted by atomic mass is 16.6. The van der Waals surface area contributed by atoms with Gasteiger partial charge in [0.2, 0.25) is 11.8 Å². The average molecular weight is 698 g/mol. The number of aliphatic hydroxyl groups is 2. The Kier molecular flexibility index (Phi) is 12.4. The van der Waals surface area contributed by atoms with E-state index in [1.807, 2.05) is 48.5 Å². The number of benzene rings is 2. The number of carbonyl (C=O) groups is 6. The van der Waals surface area contributed by atoms with Crippen molar-refractivity contribution in [3.8, 4) is 11.1 Å². The zero-order chi connectivity index (χ0) is 36.5. The molecule has 16 heteroatoms. The number of carbonyl (C=O) groups excluding carboxylic acids is 6. The summed E-state index contributed by atoms with van der Waals surface area (Å²) in [5, 5.41) is 27.3. The molecule has 6 atom stereocenters. The van der Waals surface area contributed by atoms with Crippen LogP contribution in [0.3, 0.4) is 0 Å². The van der Waals surface area contributed by atoms with Crippen molar-refractivity contribution in [3.05, 3.63) is 71.7 Å². The summed E-state index contributed by atoms with van der Waals surface area (Å²) in [5.74, 6) is -4.92. The van der Waals surface area contributed by atoms with Crippen LogP contribution in [0.25, 0.3) is 11.1 Å². The van der Waals surface area contributed by atoms with E-state index in [-0.39, 0.29) is 12.5 Å². The Morgan fingerprint density at radius 2 is 1.38 bits per heavy atom. The van der Waals surface area contributed by atoms with Crippen molar-refractivity contribution in [3.63, 3.8) is 0 Å². The number of alkyl carbamates (subject to hydrolysis) is 1. The molecule has 0 spiro atoms. The van der Waals surface area contributed by atoms with Gasteiger partial charge < -0.3 is 49.8 Å². The fourth-order valence-electron chi connectivity index (χ4n) is 5.97. The Morgan fingerprint density at radius 1 is 0.800 bits per heavy atom. The molecule has 0 unspecified atom stereocenters. The Hall–Kier alpha value is -5.64. The van der Waals surface area contributed by atoms with Gasteiger partial charge in [0.05, 0.1) is 6.42 Å². The van der Waals surface area contributed by atoms with E-state index in [0.29, 0.717) is 6.26 Å². The van der Waals surface area contributed by atoms with Crippen LogP contribution in [0, 0.1) is 0 Å². The Labute approximate surface area is 287 Å². The van der Waals surface area contributed by atoms with Gasteiger partial charge >= 0.3 is 24.0 Å². The van der Waals surface area contributed by atoms with Crippen molar-refractivity contribution in [2.45, 2.75) is 76.7 Å². The molecule has 0 radical (unpaired) electrons. The van der Waals surface area contributed by atoms with E-state index < -0.39 is 91.2 Å². The topological polar surface area (TPSA) is 225 Å². The molecule has 268 valence electrons. The molecular formula is C34H39N3O13. The summed E-state index contributed by atoms with van der Waals surface area (Å²) in [6, 6.07) is 12.6. The van der Waals surface area contributed by atoms with E-state index in [9.17, 15) is 39.0 Å². The molecule has 0 aromatic heterocycles. The maximum Gasteiger partial charge on any atom is 0.407 e. The molecule has 2 aromatic rings. The number of esters is 3. The van der Waals surface area contributed by atoms with Crippen molar-refractivity contribution >= 4 is 35.8 Å². The number of hydrogen-bond donors (Lipinski definition) is 5. The number of fused-ring (bicyclic) bond motifs is 3. The standard InChI is InChI=1S/C34H39N3O13/c1-17(39)35-30-31(48-19(3)41)28(16-46-18(2)40)50-33(32(30)49-20(4)42)37-29(44)13-26(27(43)14-38)36-34(45)47-15-25-23-11-7-5-9-21(23)22-10-6-8-12-24(22)25/h5-12,14,25-26,28,30-33,38,43H,13,15-16H2,1-4H3,(H,35,39)(H,36,45)(H,37,44)/b27-14-/t26-,28-,30+,31+,32+,33-/m0/s1. The van der Waals surface area contributed by atoms with Gasteiger partial charge in [-0.15, -0.1) is 0 Å². The Balaban J connectivity index is 1.49. The molecule has 1 saturated heterocycles. The number of ether oxygens (including phenoxy) is 5. The summed E-state index contributed by atoms with van der Waals surface area (Å²) in [6.45, 7) is 3.88. The van der Waals surface area contributed by atoms with Crippen LogP contribution in [-0.2, 0) is 47.7 Å². The first-order valence-corrected chi connectivity index (χ1v) is 15.6.